The molecule has 1 aliphatic heterocycles. The fraction of sp³-hybridized carbons (Fsp3) is 0.533. The van der Waals surface area contributed by atoms with Gasteiger partial charge in [-0.3, -0.25) is 4.79 Å². The average Bonchev–Trinajstić information content (AvgIpc) is 3.14. The van der Waals surface area contributed by atoms with Crippen molar-refractivity contribution in [3.63, 3.8) is 0 Å². The number of carbonyl (C=O) groups excluding carboxylic acids is 1. The molecule has 0 aromatic heterocycles. The molecule has 102 valence electrons. The molecule has 4 heteroatoms. The molecule has 3 rings (SSSR count). The number of amides is 1. The predicted molar refractivity (Wildman–Crippen MR) is 74.3 cm³/mol. The van der Waals surface area contributed by atoms with Gasteiger partial charge in [-0.25, -0.2) is 0 Å². The van der Waals surface area contributed by atoms with Crippen molar-refractivity contribution >= 4 is 11.6 Å². The first kappa shape index (κ1) is 12.5. The predicted octanol–water partition coefficient (Wildman–Crippen LogP) is 2.02. The summed E-state index contributed by atoms with van der Waals surface area (Å²) in [6, 6.07) is 7.49. The highest BCUT2D eigenvalue weighted by atomic mass is 16.5. The Kier molecular flexibility index (Phi) is 3.19. The molecule has 1 spiro atoms. The molecule has 0 radical (unpaired) electrons. The Morgan fingerprint density at radius 1 is 1.32 bits per heavy atom. The van der Waals surface area contributed by atoms with Gasteiger partial charge in [0, 0.05) is 11.6 Å². The van der Waals surface area contributed by atoms with Crippen molar-refractivity contribution in [1.29, 1.82) is 0 Å². The summed E-state index contributed by atoms with van der Waals surface area (Å²) in [6.45, 7) is 2.10. The van der Waals surface area contributed by atoms with Crippen molar-refractivity contribution in [3.8, 4) is 5.75 Å². The van der Waals surface area contributed by atoms with E-state index in [0.717, 1.165) is 43.8 Å². The smallest absolute Gasteiger partial charge is 0.228 e. The Balaban J connectivity index is 1.59. The van der Waals surface area contributed by atoms with Crippen LogP contribution in [0.2, 0.25) is 0 Å². The van der Waals surface area contributed by atoms with Crippen molar-refractivity contribution < 1.29 is 9.53 Å². The summed E-state index contributed by atoms with van der Waals surface area (Å²) >= 11 is 0. The van der Waals surface area contributed by atoms with Gasteiger partial charge in [0.2, 0.25) is 5.91 Å². The summed E-state index contributed by atoms with van der Waals surface area (Å²) in [5, 5.41) is 6.37. The quantitative estimate of drug-likeness (QED) is 0.874. The van der Waals surface area contributed by atoms with Crippen LogP contribution in [0.3, 0.4) is 0 Å². The third-order valence-corrected chi connectivity index (χ3v) is 4.46. The number of anilines is 1. The molecule has 1 saturated carbocycles. The number of ether oxygens (including phenoxy) is 1. The minimum atomic E-state index is 0.173. The van der Waals surface area contributed by atoms with Gasteiger partial charge >= 0.3 is 0 Å². The first-order chi connectivity index (χ1) is 9.23. The van der Waals surface area contributed by atoms with Gasteiger partial charge in [0.05, 0.1) is 7.11 Å². The lowest BCUT2D eigenvalue weighted by Gasteiger charge is -2.23. The molecular formula is C15H20N2O2. The molecule has 1 aliphatic carbocycles. The van der Waals surface area contributed by atoms with Crippen molar-refractivity contribution in [1.82, 2.24) is 5.32 Å². The SMILES string of the molecule is COc1ccc(NC(=O)C2CC23CCNCC3)cc1. The van der Waals surface area contributed by atoms with E-state index in [1.165, 1.54) is 0 Å². The number of rotatable bonds is 3. The molecule has 1 unspecified atom stereocenters. The maximum atomic E-state index is 12.2. The van der Waals surface area contributed by atoms with E-state index in [2.05, 4.69) is 10.6 Å². The third kappa shape index (κ3) is 2.45. The standard InChI is InChI=1S/C15H20N2O2/c1-19-12-4-2-11(3-5-12)17-14(18)13-10-15(13)6-8-16-9-7-15/h2-5,13,16H,6-10H2,1H3,(H,17,18). The zero-order chi connectivity index (χ0) is 13.3. The highest BCUT2D eigenvalue weighted by Crippen LogP contribution is 2.58. The van der Waals surface area contributed by atoms with Gasteiger partial charge < -0.3 is 15.4 Å². The Morgan fingerprint density at radius 3 is 2.63 bits per heavy atom. The molecule has 19 heavy (non-hydrogen) atoms. The van der Waals surface area contributed by atoms with E-state index in [1.807, 2.05) is 24.3 Å². The molecule has 1 aromatic rings. The topological polar surface area (TPSA) is 50.4 Å². The van der Waals surface area contributed by atoms with E-state index in [1.54, 1.807) is 7.11 Å². The second-order valence-corrected chi connectivity index (χ2v) is 5.59. The summed E-state index contributed by atoms with van der Waals surface area (Å²) in [5.74, 6) is 1.18. The minimum absolute atomic E-state index is 0.173. The van der Waals surface area contributed by atoms with E-state index >= 15 is 0 Å². The van der Waals surface area contributed by atoms with Crippen LogP contribution >= 0.6 is 0 Å². The Hall–Kier alpha value is -1.55. The largest absolute Gasteiger partial charge is 0.497 e. The second-order valence-electron chi connectivity index (χ2n) is 5.59. The van der Waals surface area contributed by atoms with Crippen molar-refractivity contribution in [2.24, 2.45) is 11.3 Å². The van der Waals surface area contributed by atoms with Crippen LogP contribution in [0.5, 0.6) is 5.75 Å². The molecule has 1 atom stereocenters. The summed E-state index contributed by atoms with van der Waals surface area (Å²) in [6.07, 6.45) is 3.32. The summed E-state index contributed by atoms with van der Waals surface area (Å²) in [7, 11) is 1.64. The highest BCUT2D eigenvalue weighted by molar-refractivity contribution is 5.95. The Morgan fingerprint density at radius 2 is 2.00 bits per heavy atom. The number of carbonyl (C=O) groups is 1. The van der Waals surface area contributed by atoms with Gasteiger partial charge in [0.1, 0.15) is 5.75 Å². The first-order valence-corrected chi connectivity index (χ1v) is 6.89. The minimum Gasteiger partial charge on any atom is -0.497 e. The number of piperidine rings is 1. The molecule has 1 heterocycles. The van der Waals surface area contributed by atoms with E-state index in [4.69, 9.17) is 4.74 Å². The number of benzene rings is 1. The zero-order valence-corrected chi connectivity index (χ0v) is 11.2. The van der Waals surface area contributed by atoms with E-state index in [0.29, 0.717) is 5.41 Å². The van der Waals surface area contributed by atoms with Gasteiger partial charge in [0.15, 0.2) is 0 Å². The molecule has 1 amide bonds. The van der Waals surface area contributed by atoms with Gasteiger partial charge in [-0.2, -0.15) is 0 Å². The maximum absolute atomic E-state index is 12.2. The van der Waals surface area contributed by atoms with Gasteiger partial charge in [-0.15, -0.1) is 0 Å². The number of nitrogens with one attached hydrogen (secondary N) is 2. The number of hydrogen-bond donors (Lipinski definition) is 2. The molecular weight excluding hydrogens is 240 g/mol. The van der Waals surface area contributed by atoms with Gasteiger partial charge in [-0.05, 0) is 62.0 Å². The van der Waals surface area contributed by atoms with Crippen LogP contribution < -0.4 is 15.4 Å². The Bertz CT molecular complexity index is 464. The van der Waals surface area contributed by atoms with Crippen molar-refractivity contribution in [2.45, 2.75) is 19.3 Å². The molecule has 0 bridgehead atoms. The van der Waals surface area contributed by atoms with E-state index in [-0.39, 0.29) is 11.8 Å². The van der Waals surface area contributed by atoms with Crippen molar-refractivity contribution in [3.05, 3.63) is 24.3 Å². The molecule has 2 N–H and O–H groups in total. The maximum Gasteiger partial charge on any atom is 0.228 e. The Labute approximate surface area is 113 Å². The third-order valence-electron chi connectivity index (χ3n) is 4.46. The molecule has 2 aliphatic rings. The van der Waals surface area contributed by atoms with Crippen LogP contribution in [0.1, 0.15) is 19.3 Å². The molecule has 2 fully saturated rings. The fourth-order valence-corrected chi connectivity index (χ4v) is 3.10. The highest BCUT2D eigenvalue weighted by Gasteiger charge is 2.57. The van der Waals surface area contributed by atoms with Crippen LogP contribution in [0.4, 0.5) is 5.69 Å². The summed E-state index contributed by atoms with van der Waals surface area (Å²) in [5.41, 5.74) is 1.14. The monoisotopic (exact) mass is 260 g/mol. The number of hydrogen-bond acceptors (Lipinski definition) is 3. The number of methoxy groups -OCH3 is 1. The van der Waals surface area contributed by atoms with E-state index in [9.17, 15) is 4.79 Å². The first-order valence-electron chi connectivity index (χ1n) is 6.89. The lowest BCUT2D eigenvalue weighted by molar-refractivity contribution is -0.118. The second kappa shape index (κ2) is 4.85. The summed E-state index contributed by atoms with van der Waals surface area (Å²) < 4.78 is 5.10. The van der Waals surface area contributed by atoms with Gasteiger partial charge in [-0.1, -0.05) is 0 Å². The molecule has 1 aromatic carbocycles. The van der Waals surface area contributed by atoms with Crippen LogP contribution in [0.25, 0.3) is 0 Å². The molecule has 4 nitrogen and oxygen atoms in total. The lowest BCUT2D eigenvalue weighted by atomic mass is 9.92. The van der Waals surface area contributed by atoms with Crippen LogP contribution in [-0.4, -0.2) is 26.1 Å². The lowest BCUT2D eigenvalue weighted by Crippen LogP contribution is -2.31. The van der Waals surface area contributed by atoms with Crippen LogP contribution in [-0.2, 0) is 4.79 Å². The van der Waals surface area contributed by atoms with Crippen LogP contribution in [0, 0.1) is 11.3 Å². The summed E-state index contributed by atoms with van der Waals surface area (Å²) in [4.78, 5) is 12.2. The normalized spacial score (nSPS) is 23.9. The van der Waals surface area contributed by atoms with Gasteiger partial charge in [0.25, 0.3) is 0 Å². The zero-order valence-electron chi connectivity index (χ0n) is 11.2. The van der Waals surface area contributed by atoms with E-state index < -0.39 is 0 Å². The average molecular weight is 260 g/mol. The van der Waals surface area contributed by atoms with Crippen molar-refractivity contribution in [2.75, 3.05) is 25.5 Å². The fourth-order valence-electron chi connectivity index (χ4n) is 3.10. The van der Waals surface area contributed by atoms with Crippen LogP contribution in [0.15, 0.2) is 24.3 Å². The molecule has 1 saturated heterocycles.